The minimum atomic E-state index is -0.771. The number of benzene rings is 1. The summed E-state index contributed by atoms with van der Waals surface area (Å²) in [7, 11) is 0. The van der Waals surface area contributed by atoms with Crippen LogP contribution in [0.5, 0.6) is 0 Å². The number of hydrogen-bond acceptors (Lipinski definition) is 2. The van der Waals surface area contributed by atoms with Crippen LogP contribution in [0.4, 0.5) is 14.5 Å². The molecule has 0 amide bonds. The van der Waals surface area contributed by atoms with Gasteiger partial charge in [0.05, 0.1) is 11.3 Å². The van der Waals surface area contributed by atoms with Gasteiger partial charge in [0.1, 0.15) is 11.6 Å². The summed E-state index contributed by atoms with van der Waals surface area (Å²) < 4.78 is 25.7. The maximum Gasteiger partial charge on any atom is 0.149 e. The van der Waals surface area contributed by atoms with E-state index in [-0.39, 0.29) is 11.3 Å². The van der Waals surface area contributed by atoms with Gasteiger partial charge in [0.15, 0.2) is 0 Å². The average molecular weight is 196 g/mol. The van der Waals surface area contributed by atoms with Gasteiger partial charge in [-0.25, -0.2) is 8.78 Å². The Bertz CT molecular complexity index is 391. The molecular weight excluding hydrogens is 186 g/mol. The molecule has 0 aromatic heterocycles. The first-order valence-electron chi connectivity index (χ1n) is 4.08. The van der Waals surface area contributed by atoms with Crippen LogP contribution < -0.4 is 11.5 Å². The highest BCUT2D eigenvalue weighted by atomic mass is 19.1. The predicted octanol–water partition coefficient (Wildman–Crippen LogP) is 1.25. The molecule has 4 N–H and O–H groups in total. The minimum absolute atomic E-state index is 0.0948. The van der Waals surface area contributed by atoms with E-state index in [9.17, 15) is 8.78 Å². The highest BCUT2D eigenvalue weighted by Gasteiger charge is 2.04. The smallest absolute Gasteiger partial charge is 0.149 e. The number of hydrogen-bond donors (Lipinski definition) is 2. The summed E-state index contributed by atoms with van der Waals surface area (Å²) in [5.41, 5.74) is 10.5. The summed E-state index contributed by atoms with van der Waals surface area (Å²) >= 11 is 0. The zero-order chi connectivity index (χ0) is 10.6. The second kappa shape index (κ2) is 4.58. The van der Waals surface area contributed by atoms with Gasteiger partial charge in [-0.05, 0) is 6.07 Å². The van der Waals surface area contributed by atoms with Crippen molar-refractivity contribution in [2.75, 3.05) is 12.3 Å². The van der Waals surface area contributed by atoms with Gasteiger partial charge in [-0.2, -0.15) is 0 Å². The van der Waals surface area contributed by atoms with Crippen molar-refractivity contribution in [1.82, 2.24) is 0 Å². The number of nitrogens with two attached hydrogens (primary N) is 2. The molecule has 1 aromatic rings. The highest BCUT2D eigenvalue weighted by Crippen LogP contribution is 2.15. The van der Waals surface area contributed by atoms with Gasteiger partial charge in [-0.1, -0.05) is 11.8 Å². The van der Waals surface area contributed by atoms with E-state index in [4.69, 9.17) is 11.5 Å². The number of halogens is 2. The molecule has 0 radical (unpaired) electrons. The maximum absolute atomic E-state index is 13.0. The first-order valence-corrected chi connectivity index (χ1v) is 4.08. The van der Waals surface area contributed by atoms with Crippen molar-refractivity contribution < 1.29 is 8.78 Å². The molecule has 0 aliphatic heterocycles. The Morgan fingerprint density at radius 1 is 1.21 bits per heavy atom. The predicted molar refractivity (Wildman–Crippen MR) is 51.3 cm³/mol. The van der Waals surface area contributed by atoms with Gasteiger partial charge in [0.25, 0.3) is 0 Å². The molecule has 14 heavy (non-hydrogen) atoms. The Morgan fingerprint density at radius 3 is 2.57 bits per heavy atom. The molecule has 1 rings (SSSR count). The lowest BCUT2D eigenvalue weighted by atomic mass is 10.2. The molecule has 74 valence electrons. The van der Waals surface area contributed by atoms with E-state index in [0.29, 0.717) is 13.0 Å². The molecule has 0 aliphatic carbocycles. The van der Waals surface area contributed by atoms with Crippen LogP contribution in [0.3, 0.4) is 0 Å². The van der Waals surface area contributed by atoms with Crippen LogP contribution in [0.2, 0.25) is 0 Å². The summed E-state index contributed by atoms with van der Waals surface area (Å²) in [5.74, 6) is 3.70. The monoisotopic (exact) mass is 196 g/mol. The molecule has 0 unspecified atom stereocenters. The van der Waals surface area contributed by atoms with Crippen LogP contribution in [0.1, 0.15) is 12.0 Å². The molecule has 0 saturated heterocycles. The summed E-state index contributed by atoms with van der Waals surface area (Å²) in [6.07, 6.45) is 0.469. The third-order valence-electron chi connectivity index (χ3n) is 1.58. The number of anilines is 1. The molecule has 0 aliphatic rings. The lowest BCUT2D eigenvalue weighted by Crippen LogP contribution is -1.96. The first-order chi connectivity index (χ1) is 6.65. The van der Waals surface area contributed by atoms with Crippen LogP contribution in [-0.4, -0.2) is 6.54 Å². The zero-order valence-corrected chi connectivity index (χ0v) is 7.48. The summed E-state index contributed by atoms with van der Waals surface area (Å²) in [6, 6.07) is 1.90. The van der Waals surface area contributed by atoms with E-state index in [2.05, 4.69) is 11.8 Å². The molecule has 0 fully saturated rings. The van der Waals surface area contributed by atoms with Crippen molar-refractivity contribution in [3.8, 4) is 11.8 Å². The summed E-state index contributed by atoms with van der Waals surface area (Å²) in [4.78, 5) is 0. The van der Waals surface area contributed by atoms with Crippen molar-refractivity contribution in [1.29, 1.82) is 0 Å². The molecule has 0 heterocycles. The average Bonchev–Trinajstić information content (AvgIpc) is 2.14. The highest BCUT2D eigenvalue weighted by molar-refractivity contribution is 5.49. The van der Waals surface area contributed by atoms with Crippen LogP contribution >= 0.6 is 0 Å². The fourth-order valence-electron chi connectivity index (χ4n) is 0.891. The lowest BCUT2D eigenvalue weighted by molar-refractivity contribution is 0.584. The maximum atomic E-state index is 13.0. The van der Waals surface area contributed by atoms with Crippen LogP contribution in [-0.2, 0) is 0 Å². The van der Waals surface area contributed by atoms with Crippen molar-refractivity contribution >= 4 is 5.69 Å². The van der Waals surface area contributed by atoms with Crippen molar-refractivity contribution in [2.45, 2.75) is 6.42 Å². The third kappa shape index (κ3) is 2.44. The Hall–Kier alpha value is -1.60. The van der Waals surface area contributed by atoms with Crippen molar-refractivity contribution in [3.05, 3.63) is 29.3 Å². The summed E-state index contributed by atoms with van der Waals surface area (Å²) in [6.45, 7) is 0.408. The van der Waals surface area contributed by atoms with E-state index in [1.165, 1.54) is 6.07 Å². The Labute approximate surface area is 80.9 Å². The Balaban J connectivity index is 3.00. The first kappa shape index (κ1) is 10.5. The SMILES string of the molecule is NCCC#Cc1cc(N)c(F)cc1F. The quantitative estimate of drug-likeness (QED) is 0.524. The third-order valence-corrected chi connectivity index (χ3v) is 1.58. The van der Waals surface area contributed by atoms with E-state index in [0.717, 1.165) is 6.07 Å². The van der Waals surface area contributed by atoms with Crippen molar-refractivity contribution in [2.24, 2.45) is 5.73 Å². The standard InChI is InChI=1S/C10H10F2N2/c11-8-6-9(12)10(14)5-7(8)3-1-2-4-13/h5-6H,2,4,13-14H2. The number of nitrogen functional groups attached to an aromatic ring is 1. The largest absolute Gasteiger partial charge is 0.396 e. The fourth-order valence-corrected chi connectivity index (χ4v) is 0.891. The van der Waals surface area contributed by atoms with Crippen LogP contribution in [0.25, 0.3) is 0 Å². The van der Waals surface area contributed by atoms with Gasteiger partial charge in [0.2, 0.25) is 0 Å². The topological polar surface area (TPSA) is 52.0 Å². The Morgan fingerprint density at radius 2 is 1.93 bits per heavy atom. The molecule has 2 nitrogen and oxygen atoms in total. The van der Waals surface area contributed by atoms with Crippen molar-refractivity contribution in [3.63, 3.8) is 0 Å². The molecule has 0 spiro atoms. The number of rotatable bonds is 1. The van der Waals surface area contributed by atoms with Gasteiger partial charge >= 0.3 is 0 Å². The lowest BCUT2D eigenvalue weighted by Gasteiger charge is -1.98. The van der Waals surface area contributed by atoms with E-state index < -0.39 is 11.6 Å². The van der Waals surface area contributed by atoms with E-state index in [1.807, 2.05) is 0 Å². The second-order valence-corrected chi connectivity index (χ2v) is 2.69. The van der Waals surface area contributed by atoms with Gasteiger partial charge in [-0.15, -0.1) is 0 Å². The van der Waals surface area contributed by atoms with E-state index in [1.54, 1.807) is 0 Å². The fraction of sp³-hybridized carbons (Fsp3) is 0.200. The molecule has 0 saturated carbocycles. The van der Waals surface area contributed by atoms with Gasteiger partial charge < -0.3 is 11.5 Å². The van der Waals surface area contributed by atoms with Crippen LogP contribution in [0, 0.1) is 23.5 Å². The van der Waals surface area contributed by atoms with E-state index >= 15 is 0 Å². The second-order valence-electron chi connectivity index (χ2n) is 2.69. The Kier molecular flexibility index (Phi) is 3.43. The zero-order valence-electron chi connectivity index (χ0n) is 7.48. The summed E-state index contributed by atoms with van der Waals surface area (Å²) in [5, 5.41) is 0. The molecular formula is C10H10F2N2. The van der Waals surface area contributed by atoms with Gasteiger partial charge in [0, 0.05) is 19.0 Å². The molecule has 1 aromatic carbocycles. The normalized spacial score (nSPS) is 9.36. The minimum Gasteiger partial charge on any atom is -0.396 e. The molecule has 0 atom stereocenters. The van der Waals surface area contributed by atoms with Gasteiger partial charge in [-0.3, -0.25) is 0 Å². The molecule has 4 heteroatoms. The van der Waals surface area contributed by atoms with Crippen LogP contribution in [0.15, 0.2) is 12.1 Å². The molecule has 0 bridgehead atoms.